The van der Waals surface area contributed by atoms with Gasteiger partial charge in [0.15, 0.2) is 0 Å². The Bertz CT molecular complexity index is 610. The fraction of sp³-hybridized carbons (Fsp3) is 0.333. The van der Waals surface area contributed by atoms with Crippen LogP contribution in [0.3, 0.4) is 0 Å². The number of anilines is 1. The van der Waals surface area contributed by atoms with Gasteiger partial charge in [0, 0.05) is 24.9 Å². The summed E-state index contributed by atoms with van der Waals surface area (Å²) in [6.45, 7) is 2.55. The van der Waals surface area contributed by atoms with E-state index in [1.165, 1.54) is 0 Å². The van der Waals surface area contributed by atoms with Crippen molar-refractivity contribution in [2.75, 3.05) is 19.4 Å². The van der Waals surface area contributed by atoms with Gasteiger partial charge in [0.2, 0.25) is 5.91 Å². The maximum atomic E-state index is 12.0. The summed E-state index contributed by atoms with van der Waals surface area (Å²) in [5.74, 6) is 1.38. The van der Waals surface area contributed by atoms with Gasteiger partial charge in [-0.3, -0.25) is 4.79 Å². The number of nitrogens with zero attached hydrogens (tertiary/aromatic N) is 2. The molecule has 2 aromatic rings. The number of carbonyl (C=O) groups excluding carboxylic acids is 1. The second kappa shape index (κ2) is 6.78. The summed E-state index contributed by atoms with van der Waals surface area (Å²) >= 11 is 0. The smallest absolute Gasteiger partial charge is 0.226 e. The average molecular weight is 289 g/mol. The zero-order valence-corrected chi connectivity index (χ0v) is 12.2. The Labute approximate surface area is 123 Å². The second-order valence-corrected chi connectivity index (χ2v) is 4.85. The van der Waals surface area contributed by atoms with E-state index in [2.05, 4.69) is 5.16 Å². The van der Waals surface area contributed by atoms with Crippen LogP contribution in [0.25, 0.3) is 0 Å². The number of aromatic nitrogens is 1. The number of aryl methyl sites for hydroxylation is 1. The minimum absolute atomic E-state index is 0.0143. The van der Waals surface area contributed by atoms with E-state index in [-0.39, 0.29) is 5.91 Å². The van der Waals surface area contributed by atoms with Gasteiger partial charge in [0.1, 0.15) is 17.2 Å². The highest BCUT2D eigenvalue weighted by Crippen LogP contribution is 2.14. The molecule has 0 unspecified atom stereocenters. The predicted octanol–water partition coefficient (Wildman–Crippen LogP) is 1.99. The maximum absolute atomic E-state index is 12.0. The lowest BCUT2D eigenvalue weighted by Crippen LogP contribution is -2.27. The summed E-state index contributed by atoms with van der Waals surface area (Å²) < 4.78 is 10.5. The lowest BCUT2D eigenvalue weighted by Gasteiger charge is -2.15. The number of ether oxygens (including phenoxy) is 1. The molecule has 21 heavy (non-hydrogen) atoms. The Morgan fingerprint density at radius 3 is 2.90 bits per heavy atom. The minimum atomic E-state index is -0.0143. The number of hydrogen-bond acceptors (Lipinski definition) is 5. The third-order valence-electron chi connectivity index (χ3n) is 2.94. The number of hydrogen-bond donors (Lipinski definition) is 1. The van der Waals surface area contributed by atoms with Crippen LogP contribution in [-0.4, -0.2) is 29.6 Å². The molecule has 112 valence electrons. The first-order valence-corrected chi connectivity index (χ1v) is 6.69. The number of rotatable bonds is 6. The first-order valence-electron chi connectivity index (χ1n) is 6.69. The molecule has 0 aliphatic heterocycles. The molecule has 0 radical (unpaired) electrons. The second-order valence-electron chi connectivity index (χ2n) is 4.85. The van der Waals surface area contributed by atoms with Crippen LogP contribution in [-0.2, 0) is 11.3 Å². The molecule has 0 fully saturated rings. The lowest BCUT2D eigenvalue weighted by atomic mass is 10.3. The van der Waals surface area contributed by atoms with Gasteiger partial charge in [0.25, 0.3) is 0 Å². The Hall–Kier alpha value is -2.50. The van der Waals surface area contributed by atoms with Crippen molar-refractivity contribution in [2.24, 2.45) is 0 Å². The lowest BCUT2D eigenvalue weighted by molar-refractivity contribution is -0.131. The van der Waals surface area contributed by atoms with E-state index in [0.29, 0.717) is 31.0 Å². The monoisotopic (exact) mass is 289 g/mol. The van der Waals surface area contributed by atoms with Crippen molar-refractivity contribution in [3.63, 3.8) is 0 Å². The van der Waals surface area contributed by atoms with Crippen molar-refractivity contribution in [2.45, 2.75) is 19.9 Å². The van der Waals surface area contributed by atoms with Crippen LogP contribution in [0.4, 0.5) is 5.69 Å². The minimum Gasteiger partial charge on any atom is -0.493 e. The largest absolute Gasteiger partial charge is 0.493 e. The van der Waals surface area contributed by atoms with E-state index >= 15 is 0 Å². The summed E-state index contributed by atoms with van der Waals surface area (Å²) in [5, 5.41) is 3.86. The molecular weight excluding hydrogens is 270 g/mol. The van der Waals surface area contributed by atoms with Crippen molar-refractivity contribution in [1.82, 2.24) is 10.1 Å². The fourth-order valence-electron chi connectivity index (χ4n) is 1.88. The molecule has 0 atom stereocenters. The molecule has 1 heterocycles. The van der Waals surface area contributed by atoms with Gasteiger partial charge in [-0.15, -0.1) is 0 Å². The van der Waals surface area contributed by atoms with Gasteiger partial charge in [0.05, 0.1) is 19.6 Å². The molecule has 6 heteroatoms. The fourth-order valence-corrected chi connectivity index (χ4v) is 1.88. The summed E-state index contributed by atoms with van der Waals surface area (Å²) in [5.41, 5.74) is 7.03. The summed E-state index contributed by atoms with van der Waals surface area (Å²) in [4.78, 5) is 13.6. The van der Waals surface area contributed by atoms with Gasteiger partial charge in [-0.1, -0.05) is 11.2 Å². The molecule has 2 N–H and O–H groups in total. The Morgan fingerprint density at radius 1 is 1.43 bits per heavy atom. The van der Waals surface area contributed by atoms with Crippen LogP contribution in [0.1, 0.15) is 17.9 Å². The topological polar surface area (TPSA) is 81.6 Å². The van der Waals surface area contributed by atoms with Crippen LogP contribution in [0.2, 0.25) is 0 Å². The number of carbonyl (C=O) groups is 1. The van der Waals surface area contributed by atoms with Crippen LogP contribution in [0.5, 0.6) is 5.75 Å². The zero-order valence-electron chi connectivity index (χ0n) is 12.2. The van der Waals surface area contributed by atoms with Crippen LogP contribution < -0.4 is 10.5 Å². The highest BCUT2D eigenvalue weighted by atomic mass is 16.5. The van der Waals surface area contributed by atoms with Crippen molar-refractivity contribution in [3.8, 4) is 5.75 Å². The number of nitrogen functional groups attached to an aromatic ring is 1. The zero-order chi connectivity index (χ0) is 15.2. The van der Waals surface area contributed by atoms with E-state index in [0.717, 1.165) is 11.5 Å². The van der Waals surface area contributed by atoms with Gasteiger partial charge < -0.3 is 19.9 Å². The van der Waals surface area contributed by atoms with Gasteiger partial charge in [-0.25, -0.2) is 0 Å². The van der Waals surface area contributed by atoms with Crippen molar-refractivity contribution >= 4 is 11.6 Å². The van der Waals surface area contributed by atoms with Gasteiger partial charge >= 0.3 is 0 Å². The normalized spacial score (nSPS) is 10.4. The molecule has 0 bridgehead atoms. The molecule has 1 amide bonds. The number of nitrogens with two attached hydrogens (primary N) is 1. The third-order valence-corrected chi connectivity index (χ3v) is 2.94. The van der Waals surface area contributed by atoms with E-state index < -0.39 is 0 Å². The van der Waals surface area contributed by atoms with E-state index in [4.69, 9.17) is 15.0 Å². The number of benzene rings is 1. The Morgan fingerprint density at radius 2 is 2.24 bits per heavy atom. The molecular formula is C15H19N3O3. The van der Waals surface area contributed by atoms with Crippen LogP contribution >= 0.6 is 0 Å². The molecule has 0 aliphatic rings. The molecule has 0 saturated carbocycles. The average Bonchev–Trinajstić information content (AvgIpc) is 2.84. The molecule has 2 rings (SSSR count). The standard InChI is InChI=1S/C15H19N3O3/c1-11-8-13(17-21-11)10-18(2)15(19)6-7-20-14-5-3-4-12(16)9-14/h3-5,8-9H,6-7,10,16H2,1-2H3. The number of amides is 1. The maximum Gasteiger partial charge on any atom is 0.226 e. The molecule has 0 spiro atoms. The summed E-state index contributed by atoms with van der Waals surface area (Å²) in [7, 11) is 1.73. The Balaban J connectivity index is 1.76. The molecule has 1 aromatic carbocycles. The molecule has 6 nitrogen and oxygen atoms in total. The SMILES string of the molecule is Cc1cc(CN(C)C(=O)CCOc2cccc(N)c2)no1. The van der Waals surface area contributed by atoms with Crippen LogP contribution in [0, 0.1) is 6.92 Å². The van der Waals surface area contributed by atoms with Crippen molar-refractivity contribution < 1.29 is 14.1 Å². The quantitative estimate of drug-likeness (QED) is 0.822. The van der Waals surface area contributed by atoms with Gasteiger partial charge in [-0.2, -0.15) is 0 Å². The van der Waals surface area contributed by atoms with Gasteiger partial charge in [-0.05, 0) is 19.1 Å². The Kier molecular flexibility index (Phi) is 4.81. The summed E-state index contributed by atoms with van der Waals surface area (Å²) in [6, 6.07) is 8.94. The van der Waals surface area contributed by atoms with E-state index in [1.807, 2.05) is 25.1 Å². The molecule has 1 aromatic heterocycles. The highest BCUT2D eigenvalue weighted by Gasteiger charge is 2.11. The first-order chi connectivity index (χ1) is 10.0. The molecule has 0 aliphatic carbocycles. The summed E-state index contributed by atoms with van der Waals surface area (Å²) in [6.07, 6.45) is 0.294. The van der Waals surface area contributed by atoms with Crippen molar-refractivity contribution in [1.29, 1.82) is 0 Å². The molecule has 0 saturated heterocycles. The van der Waals surface area contributed by atoms with E-state index in [1.54, 1.807) is 24.1 Å². The first kappa shape index (κ1) is 14.9. The highest BCUT2D eigenvalue weighted by molar-refractivity contribution is 5.75. The third kappa shape index (κ3) is 4.52. The van der Waals surface area contributed by atoms with Crippen LogP contribution in [0.15, 0.2) is 34.9 Å². The van der Waals surface area contributed by atoms with E-state index in [9.17, 15) is 4.79 Å². The predicted molar refractivity (Wildman–Crippen MR) is 78.7 cm³/mol. The van der Waals surface area contributed by atoms with Crippen molar-refractivity contribution in [3.05, 3.63) is 41.8 Å².